The van der Waals surface area contributed by atoms with Crippen molar-refractivity contribution in [3.8, 4) is 55.6 Å². The average molecular weight is 840 g/mol. The Hall–Kier alpha value is -8.52. The molecule has 0 fully saturated rings. The van der Waals surface area contributed by atoms with Crippen LogP contribution in [0, 0.1) is 0 Å². The summed E-state index contributed by atoms with van der Waals surface area (Å²) in [7, 11) is 0. The lowest BCUT2D eigenvalue weighted by Gasteiger charge is -2.35. The Kier molecular flexibility index (Phi) is 9.81. The fourth-order valence-corrected chi connectivity index (χ4v) is 10.7. The summed E-state index contributed by atoms with van der Waals surface area (Å²) in [5, 5.41) is 2.44. The molecule has 0 radical (unpaired) electrons. The van der Waals surface area contributed by atoms with E-state index in [1.165, 1.54) is 72.0 Å². The molecular formula is C65H45N. The van der Waals surface area contributed by atoms with E-state index in [1.807, 2.05) is 0 Å². The van der Waals surface area contributed by atoms with Gasteiger partial charge in [0.1, 0.15) is 0 Å². The van der Waals surface area contributed by atoms with Gasteiger partial charge in [-0.25, -0.2) is 0 Å². The van der Waals surface area contributed by atoms with Gasteiger partial charge in [-0.15, -0.1) is 0 Å². The largest absolute Gasteiger partial charge is 0.309 e. The molecule has 0 aliphatic heterocycles. The molecule has 0 aromatic heterocycles. The number of hydrogen-bond donors (Lipinski definition) is 0. The molecule has 1 aliphatic rings. The molecule has 0 saturated carbocycles. The zero-order chi connectivity index (χ0) is 43.9. The van der Waals surface area contributed by atoms with Gasteiger partial charge in [-0.05, 0) is 108 Å². The van der Waals surface area contributed by atoms with Crippen molar-refractivity contribution in [3.05, 3.63) is 295 Å². The molecule has 1 heteroatoms. The smallest absolute Gasteiger partial charge is 0.0714 e. The number of fused-ring (bicyclic) bond motifs is 4. The van der Waals surface area contributed by atoms with E-state index >= 15 is 0 Å². The van der Waals surface area contributed by atoms with Gasteiger partial charge in [0.25, 0.3) is 0 Å². The lowest BCUT2D eigenvalue weighted by Crippen LogP contribution is -2.28. The zero-order valence-electron chi connectivity index (χ0n) is 36.4. The van der Waals surface area contributed by atoms with Crippen LogP contribution in [0.3, 0.4) is 0 Å². The molecule has 11 aromatic rings. The Morgan fingerprint density at radius 3 is 1.39 bits per heavy atom. The van der Waals surface area contributed by atoms with E-state index in [4.69, 9.17) is 0 Å². The quantitative estimate of drug-likeness (QED) is 0.140. The first-order valence-electron chi connectivity index (χ1n) is 22.8. The van der Waals surface area contributed by atoms with E-state index < -0.39 is 5.41 Å². The van der Waals surface area contributed by atoms with Crippen LogP contribution in [0.4, 0.5) is 17.1 Å². The number of nitrogens with zero attached hydrogens (tertiary/aromatic N) is 1. The van der Waals surface area contributed by atoms with Crippen LogP contribution >= 0.6 is 0 Å². The molecule has 0 N–H and O–H groups in total. The second-order valence-electron chi connectivity index (χ2n) is 17.1. The summed E-state index contributed by atoms with van der Waals surface area (Å²) in [5.74, 6) is 0. The van der Waals surface area contributed by atoms with Gasteiger partial charge >= 0.3 is 0 Å². The van der Waals surface area contributed by atoms with Crippen LogP contribution in [0.25, 0.3) is 66.4 Å². The Morgan fingerprint density at radius 2 is 0.742 bits per heavy atom. The third-order valence-corrected chi connectivity index (χ3v) is 13.6. The topological polar surface area (TPSA) is 3.24 Å². The fraction of sp³-hybridized carbons (Fsp3) is 0.0154. The molecule has 0 unspecified atom stereocenters. The monoisotopic (exact) mass is 839 g/mol. The molecule has 66 heavy (non-hydrogen) atoms. The lowest BCUT2D eigenvalue weighted by molar-refractivity contribution is 0.768. The molecule has 0 bridgehead atoms. The van der Waals surface area contributed by atoms with Crippen LogP contribution in [0.5, 0.6) is 0 Å². The van der Waals surface area contributed by atoms with Crippen molar-refractivity contribution in [1.29, 1.82) is 0 Å². The predicted molar refractivity (Wildman–Crippen MR) is 278 cm³/mol. The molecule has 0 heterocycles. The first kappa shape index (κ1) is 39.1. The maximum atomic E-state index is 2.53. The number of rotatable bonds is 9. The van der Waals surface area contributed by atoms with E-state index in [2.05, 4.69) is 278 Å². The van der Waals surface area contributed by atoms with Crippen LogP contribution in [-0.4, -0.2) is 0 Å². The van der Waals surface area contributed by atoms with Gasteiger partial charge in [-0.3, -0.25) is 0 Å². The maximum Gasteiger partial charge on any atom is 0.0714 e. The van der Waals surface area contributed by atoms with Crippen molar-refractivity contribution in [2.24, 2.45) is 0 Å². The van der Waals surface area contributed by atoms with Gasteiger partial charge in [0.05, 0.1) is 16.8 Å². The summed E-state index contributed by atoms with van der Waals surface area (Å²) in [6.45, 7) is 0. The number of para-hydroxylation sites is 1. The average Bonchev–Trinajstić information content (AvgIpc) is 3.70. The Balaban J connectivity index is 1.18. The van der Waals surface area contributed by atoms with Gasteiger partial charge in [-0.1, -0.05) is 243 Å². The first-order chi connectivity index (χ1) is 32.8. The summed E-state index contributed by atoms with van der Waals surface area (Å²) in [4.78, 5) is 2.53. The fourth-order valence-electron chi connectivity index (χ4n) is 10.7. The lowest BCUT2D eigenvalue weighted by atomic mass is 9.67. The molecule has 310 valence electrons. The van der Waals surface area contributed by atoms with E-state index in [9.17, 15) is 0 Å². The van der Waals surface area contributed by atoms with Crippen molar-refractivity contribution in [2.45, 2.75) is 5.41 Å². The number of benzene rings is 11. The predicted octanol–water partition coefficient (Wildman–Crippen LogP) is 17.3. The molecule has 0 amide bonds. The number of anilines is 3. The summed E-state index contributed by atoms with van der Waals surface area (Å²) >= 11 is 0. The highest BCUT2D eigenvalue weighted by atomic mass is 15.1. The molecule has 1 aliphatic carbocycles. The Bertz CT molecular complexity index is 3460. The molecule has 0 atom stereocenters. The van der Waals surface area contributed by atoms with Crippen molar-refractivity contribution in [1.82, 2.24) is 0 Å². The molecule has 11 aromatic carbocycles. The summed E-state index contributed by atoms with van der Waals surface area (Å²) in [6, 6.07) is 100. The van der Waals surface area contributed by atoms with Gasteiger partial charge in [0, 0.05) is 16.8 Å². The third-order valence-electron chi connectivity index (χ3n) is 13.6. The number of hydrogen-bond acceptors (Lipinski definition) is 1. The van der Waals surface area contributed by atoms with Gasteiger partial charge in [0.15, 0.2) is 0 Å². The Morgan fingerprint density at radius 1 is 0.258 bits per heavy atom. The van der Waals surface area contributed by atoms with E-state index in [0.717, 1.165) is 33.8 Å². The van der Waals surface area contributed by atoms with Crippen molar-refractivity contribution in [3.63, 3.8) is 0 Å². The van der Waals surface area contributed by atoms with Crippen LogP contribution in [0.15, 0.2) is 273 Å². The summed E-state index contributed by atoms with van der Waals surface area (Å²) < 4.78 is 0. The molecule has 0 spiro atoms. The molecule has 12 rings (SSSR count). The third kappa shape index (κ3) is 6.47. The van der Waals surface area contributed by atoms with Crippen LogP contribution in [0.2, 0.25) is 0 Å². The minimum atomic E-state index is -0.560. The SMILES string of the molecule is c1ccc(-c2ccc(N(c3ccc4c(c3)C(c3ccccc3)(c3ccccc3)c3ccccc3-4)c3ccccc3-c3cccc4cccc(-c5ccccc5)c34)c(-c3ccccc3)c2)cc1. The second-order valence-corrected chi connectivity index (χ2v) is 17.1. The minimum absolute atomic E-state index is 0.560. The van der Waals surface area contributed by atoms with E-state index in [1.54, 1.807) is 0 Å². The first-order valence-corrected chi connectivity index (χ1v) is 22.8. The molecular weight excluding hydrogens is 795 g/mol. The summed E-state index contributed by atoms with van der Waals surface area (Å²) in [6.07, 6.45) is 0. The van der Waals surface area contributed by atoms with Crippen LogP contribution in [0.1, 0.15) is 22.3 Å². The molecule has 0 saturated heterocycles. The normalized spacial score (nSPS) is 12.4. The van der Waals surface area contributed by atoms with E-state index in [-0.39, 0.29) is 0 Å². The van der Waals surface area contributed by atoms with Crippen molar-refractivity contribution in [2.75, 3.05) is 4.90 Å². The highest BCUT2D eigenvalue weighted by molar-refractivity contribution is 6.09. The van der Waals surface area contributed by atoms with Crippen LogP contribution in [-0.2, 0) is 5.41 Å². The van der Waals surface area contributed by atoms with Crippen molar-refractivity contribution < 1.29 is 0 Å². The van der Waals surface area contributed by atoms with E-state index in [0.29, 0.717) is 0 Å². The highest BCUT2D eigenvalue weighted by Gasteiger charge is 2.46. The molecule has 1 nitrogen and oxygen atoms in total. The zero-order valence-corrected chi connectivity index (χ0v) is 36.4. The highest BCUT2D eigenvalue weighted by Crippen LogP contribution is 2.58. The minimum Gasteiger partial charge on any atom is -0.309 e. The van der Waals surface area contributed by atoms with Crippen molar-refractivity contribution >= 4 is 27.8 Å². The second kappa shape index (κ2) is 16.6. The Labute approximate surface area is 387 Å². The van der Waals surface area contributed by atoms with Gasteiger partial charge in [-0.2, -0.15) is 0 Å². The van der Waals surface area contributed by atoms with Gasteiger partial charge in [0.2, 0.25) is 0 Å². The summed E-state index contributed by atoms with van der Waals surface area (Å²) in [5.41, 5.74) is 19.7. The van der Waals surface area contributed by atoms with Gasteiger partial charge < -0.3 is 4.90 Å². The standard InChI is InChI=1S/C65H45N/c1-6-22-46(23-7-1)50-40-43-63(59(44-50)48-26-10-3-11-27-48)66(62-39-19-17-35-57(62)58-37-21-29-49-28-20-36-54(64(49)58)47-24-8-2-9-25-47)53-41-42-56-55-34-16-18-38-60(55)65(61(56)45-53,51-30-12-4-13-31-51)52-32-14-5-15-33-52/h1-45H. The van der Waals surface area contributed by atoms with Crippen LogP contribution < -0.4 is 4.90 Å². The maximum absolute atomic E-state index is 2.53.